The fourth-order valence-electron chi connectivity index (χ4n) is 6.86. The maximum absolute atomic E-state index is 13.9. The van der Waals surface area contributed by atoms with Gasteiger partial charge in [-0.3, -0.25) is 9.59 Å². The van der Waals surface area contributed by atoms with Crippen molar-refractivity contribution in [2.75, 3.05) is 12.4 Å². The van der Waals surface area contributed by atoms with E-state index in [1.165, 1.54) is 19.2 Å². The van der Waals surface area contributed by atoms with Crippen molar-refractivity contribution < 1.29 is 41.8 Å². The van der Waals surface area contributed by atoms with Crippen LogP contribution >= 0.6 is 0 Å². The summed E-state index contributed by atoms with van der Waals surface area (Å²) in [5.41, 5.74) is 2.62. The Hall–Kier alpha value is -4.67. The summed E-state index contributed by atoms with van der Waals surface area (Å²) in [4.78, 5) is 39.2. The fraction of sp³-hybridized carbons (Fsp3) is 0.324. The number of halogens is 4. The van der Waals surface area contributed by atoms with Crippen molar-refractivity contribution in [1.29, 1.82) is 0 Å². The number of methoxy groups -OCH3 is 1. The van der Waals surface area contributed by atoms with Crippen LogP contribution in [0.4, 0.5) is 23.2 Å². The lowest BCUT2D eigenvalue weighted by Gasteiger charge is -2.30. The number of aromatic carboxylic acids is 1. The first-order valence-corrected chi connectivity index (χ1v) is 14.4. The van der Waals surface area contributed by atoms with Crippen molar-refractivity contribution in [2.24, 2.45) is 17.8 Å². The number of hydrogen-bond acceptors (Lipinski definition) is 4. The van der Waals surface area contributed by atoms with E-state index >= 15 is 0 Å². The molecule has 2 saturated carbocycles. The molecule has 11 heteroatoms. The smallest absolute Gasteiger partial charge is 0.419 e. The number of anilines is 1. The van der Waals surface area contributed by atoms with E-state index in [9.17, 15) is 37.1 Å². The molecule has 0 saturated heterocycles. The third-order valence-corrected chi connectivity index (χ3v) is 8.80. The van der Waals surface area contributed by atoms with E-state index < -0.39 is 47.3 Å². The SMILES string of the molecule is COc1ccc(-c2cc(C(=O)O)ccc2C)cc1C(=O)N[C@@H]1C2CCC(C2=C(C)C)[C@@H]1C(=O)Nc1ccc(F)c(C(F)(F)F)c1. The van der Waals surface area contributed by atoms with Crippen molar-refractivity contribution in [3.63, 3.8) is 0 Å². The molecule has 3 aromatic carbocycles. The number of carbonyl (C=O) groups excluding carboxylic acids is 2. The number of hydrogen-bond donors (Lipinski definition) is 3. The van der Waals surface area contributed by atoms with Gasteiger partial charge < -0.3 is 20.5 Å². The maximum atomic E-state index is 13.9. The lowest BCUT2D eigenvalue weighted by atomic mass is 9.83. The number of nitrogens with one attached hydrogen (secondary N) is 2. The second kappa shape index (κ2) is 12.0. The van der Waals surface area contributed by atoms with Gasteiger partial charge in [-0.2, -0.15) is 13.2 Å². The van der Waals surface area contributed by atoms with Gasteiger partial charge in [0.2, 0.25) is 5.91 Å². The summed E-state index contributed by atoms with van der Waals surface area (Å²) in [5, 5.41) is 15.0. The number of carboxylic acid groups (broad SMARTS) is 1. The lowest BCUT2D eigenvalue weighted by Crippen LogP contribution is -2.48. The summed E-state index contributed by atoms with van der Waals surface area (Å²) in [6.07, 6.45) is -3.55. The molecular formula is C34H32F4N2O5. The highest BCUT2D eigenvalue weighted by atomic mass is 19.4. The van der Waals surface area contributed by atoms with Crippen LogP contribution in [0, 0.1) is 30.5 Å². The normalized spacial score (nSPS) is 20.6. The summed E-state index contributed by atoms with van der Waals surface area (Å²) >= 11 is 0. The van der Waals surface area contributed by atoms with Gasteiger partial charge in [-0.15, -0.1) is 0 Å². The van der Waals surface area contributed by atoms with Crippen LogP contribution < -0.4 is 15.4 Å². The van der Waals surface area contributed by atoms with Crippen LogP contribution in [0.1, 0.15) is 58.5 Å². The van der Waals surface area contributed by atoms with Gasteiger partial charge in [-0.05, 0) is 98.7 Å². The highest BCUT2D eigenvalue weighted by Gasteiger charge is 2.55. The van der Waals surface area contributed by atoms with Crippen molar-refractivity contribution >= 4 is 23.5 Å². The predicted molar refractivity (Wildman–Crippen MR) is 159 cm³/mol. The average molecular weight is 625 g/mol. The Kier molecular flexibility index (Phi) is 8.48. The molecule has 3 aromatic rings. The van der Waals surface area contributed by atoms with E-state index in [0.29, 0.717) is 36.1 Å². The van der Waals surface area contributed by atoms with Gasteiger partial charge in [0.1, 0.15) is 11.6 Å². The van der Waals surface area contributed by atoms with Gasteiger partial charge in [-0.25, -0.2) is 9.18 Å². The van der Waals surface area contributed by atoms with Crippen molar-refractivity contribution in [3.05, 3.63) is 93.8 Å². The largest absolute Gasteiger partial charge is 0.496 e. The molecule has 0 aliphatic heterocycles. The van der Waals surface area contributed by atoms with Crippen LogP contribution in [0.5, 0.6) is 5.75 Å². The molecule has 3 N–H and O–H groups in total. The molecular weight excluding hydrogens is 592 g/mol. The zero-order valence-corrected chi connectivity index (χ0v) is 25.0. The molecule has 0 spiro atoms. The van der Waals surface area contributed by atoms with Crippen LogP contribution in [0.2, 0.25) is 0 Å². The van der Waals surface area contributed by atoms with Gasteiger partial charge >= 0.3 is 12.1 Å². The van der Waals surface area contributed by atoms with Crippen LogP contribution in [0.15, 0.2) is 65.7 Å². The molecule has 2 fully saturated rings. The number of fused-ring (bicyclic) bond motifs is 2. The van der Waals surface area contributed by atoms with Gasteiger partial charge in [0.05, 0.1) is 29.7 Å². The first kappa shape index (κ1) is 31.7. The predicted octanol–water partition coefficient (Wildman–Crippen LogP) is 7.26. The minimum atomic E-state index is -4.94. The Bertz CT molecular complexity index is 1730. The maximum Gasteiger partial charge on any atom is 0.419 e. The van der Waals surface area contributed by atoms with Crippen molar-refractivity contribution in [1.82, 2.24) is 5.32 Å². The molecule has 0 heterocycles. The van der Waals surface area contributed by atoms with Crippen LogP contribution in [-0.2, 0) is 11.0 Å². The summed E-state index contributed by atoms with van der Waals surface area (Å²) in [6.45, 7) is 5.67. The third-order valence-electron chi connectivity index (χ3n) is 8.80. The number of aryl methyl sites for hydroxylation is 1. The molecule has 7 nitrogen and oxygen atoms in total. The zero-order chi connectivity index (χ0) is 32.8. The number of carbonyl (C=O) groups is 3. The summed E-state index contributed by atoms with van der Waals surface area (Å²) in [6, 6.07) is 11.3. The Labute approximate surface area is 257 Å². The number of amides is 2. The Balaban J connectivity index is 1.48. The number of benzene rings is 3. The number of alkyl halides is 3. The second-order valence-corrected chi connectivity index (χ2v) is 11.7. The molecule has 2 aliphatic rings. The molecule has 2 bridgehead atoms. The fourth-order valence-corrected chi connectivity index (χ4v) is 6.86. The molecule has 2 amide bonds. The quantitative estimate of drug-likeness (QED) is 0.190. The molecule has 2 unspecified atom stereocenters. The number of allylic oxidation sites excluding steroid dienone is 1. The van der Waals surface area contributed by atoms with Crippen LogP contribution in [-0.4, -0.2) is 36.0 Å². The van der Waals surface area contributed by atoms with Gasteiger partial charge in [-0.1, -0.05) is 23.3 Å². The van der Waals surface area contributed by atoms with Gasteiger partial charge in [0, 0.05) is 17.6 Å². The topological polar surface area (TPSA) is 105 Å². The minimum absolute atomic E-state index is 0.0889. The number of rotatable bonds is 7. The number of ether oxygens (including phenoxy) is 1. The molecule has 45 heavy (non-hydrogen) atoms. The Morgan fingerprint density at radius 1 is 0.956 bits per heavy atom. The molecule has 0 radical (unpaired) electrons. The van der Waals surface area contributed by atoms with Gasteiger partial charge in [0.25, 0.3) is 5.91 Å². The average Bonchev–Trinajstić information content (AvgIpc) is 3.54. The van der Waals surface area contributed by atoms with Crippen LogP contribution in [0.3, 0.4) is 0 Å². The Morgan fingerprint density at radius 3 is 2.31 bits per heavy atom. The molecule has 0 aromatic heterocycles. The highest BCUT2D eigenvalue weighted by Crippen LogP contribution is 2.54. The van der Waals surface area contributed by atoms with E-state index in [0.717, 1.165) is 22.8 Å². The first-order chi connectivity index (χ1) is 21.2. The highest BCUT2D eigenvalue weighted by molar-refractivity contribution is 6.00. The van der Waals surface area contributed by atoms with E-state index in [1.54, 1.807) is 24.3 Å². The summed E-state index contributed by atoms with van der Waals surface area (Å²) in [7, 11) is 1.41. The first-order valence-electron chi connectivity index (χ1n) is 14.4. The molecule has 236 valence electrons. The van der Waals surface area contributed by atoms with E-state index in [-0.39, 0.29) is 34.4 Å². The molecule has 2 aliphatic carbocycles. The summed E-state index contributed by atoms with van der Waals surface area (Å²) < 4.78 is 59.3. The molecule has 4 atom stereocenters. The van der Waals surface area contributed by atoms with E-state index in [2.05, 4.69) is 10.6 Å². The second-order valence-electron chi connectivity index (χ2n) is 11.7. The van der Waals surface area contributed by atoms with Crippen LogP contribution in [0.25, 0.3) is 11.1 Å². The number of carboxylic acids is 1. The summed E-state index contributed by atoms with van der Waals surface area (Å²) in [5.74, 6) is -4.56. The zero-order valence-electron chi connectivity index (χ0n) is 25.0. The van der Waals surface area contributed by atoms with Gasteiger partial charge in [0.15, 0.2) is 0 Å². The third kappa shape index (κ3) is 6.03. The monoisotopic (exact) mass is 624 g/mol. The molecule has 5 rings (SSSR count). The minimum Gasteiger partial charge on any atom is -0.496 e. The van der Waals surface area contributed by atoms with Crippen molar-refractivity contribution in [2.45, 2.75) is 45.8 Å². The van der Waals surface area contributed by atoms with E-state index in [4.69, 9.17) is 4.74 Å². The lowest BCUT2D eigenvalue weighted by molar-refractivity contribution is -0.140. The van der Waals surface area contributed by atoms with Crippen molar-refractivity contribution in [3.8, 4) is 16.9 Å². The Morgan fingerprint density at radius 2 is 1.67 bits per heavy atom. The van der Waals surface area contributed by atoms with E-state index in [1.807, 2.05) is 20.8 Å². The standard InChI is InChI=1S/C34H32F4N2O5/c1-16(2)28-21-9-10-22(28)30(29(21)32(42)39-20-8-11-26(35)25(15-20)34(36,37)38)40-31(41)24-13-18(7-12-27(24)45-4)23-14-19(33(43)44)6-5-17(23)3/h5-8,11-15,21-22,29-30H,9-10H2,1-4H3,(H,39,42)(H,40,41)(H,43,44)/t21?,22?,29-,30+/m0/s1.